The monoisotopic (exact) mass is 167 g/mol. The maximum Gasteiger partial charge on any atom is 0.120 e. The van der Waals surface area contributed by atoms with Crippen LogP contribution in [0.15, 0.2) is 0 Å². The predicted molar refractivity (Wildman–Crippen MR) is 47.7 cm³/mol. The number of rotatable bonds is 2. The quantitative estimate of drug-likeness (QED) is 0.635. The van der Waals surface area contributed by atoms with E-state index >= 15 is 0 Å². The molecule has 0 spiro atoms. The van der Waals surface area contributed by atoms with Crippen molar-refractivity contribution in [2.45, 2.75) is 50.5 Å². The third-order valence-corrected chi connectivity index (χ3v) is 3.98. The first-order valence-corrected chi connectivity index (χ1v) is 4.91. The molecule has 0 heterocycles. The van der Waals surface area contributed by atoms with Gasteiger partial charge in [0, 0.05) is 12.0 Å². The highest BCUT2D eigenvalue weighted by Gasteiger charge is 2.45. The fourth-order valence-corrected chi connectivity index (χ4v) is 2.78. The van der Waals surface area contributed by atoms with Gasteiger partial charge in [0.25, 0.3) is 0 Å². The van der Waals surface area contributed by atoms with Crippen LogP contribution >= 0.6 is 0 Å². The van der Waals surface area contributed by atoms with Gasteiger partial charge in [-0.25, -0.2) is 0 Å². The van der Waals surface area contributed by atoms with Crippen LogP contribution in [0, 0.1) is 5.41 Å². The van der Waals surface area contributed by atoms with E-state index in [1.54, 1.807) is 0 Å². The van der Waals surface area contributed by atoms with Gasteiger partial charge in [-0.2, -0.15) is 0 Å². The average molecular weight is 167 g/mol. The van der Waals surface area contributed by atoms with Crippen molar-refractivity contribution in [1.29, 1.82) is 0 Å². The van der Waals surface area contributed by atoms with E-state index in [2.05, 4.69) is 0 Å². The minimum Gasteiger partial charge on any atom is -0.325 e. The van der Waals surface area contributed by atoms with E-state index in [1.807, 2.05) is 0 Å². The Bertz CT molecular complexity index is 175. The Hall–Kier alpha value is -0.370. The van der Waals surface area contributed by atoms with Crippen LogP contribution in [0.4, 0.5) is 0 Å². The molecule has 3 aliphatic carbocycles. The third kappa shape index (κ3) is 1.18. The normalized spacial score (nSPS) is 46.1. The lowest BCUT2D eigenvalue weighted by Crippen LogP contribution is -2.51. The van der Waals surface area contributed by atoms with Crippen LogP contribution in [0.2, 0.25) is 0 Å². The maximum atomic E-state index is 10.5. The van der Waals surface area contributed by atoms with Crippen LogP contribution in [0.1, 0.15) is 44.9 Å². The molecule has 0 aromatic carbocycles. The SMILES string of the molecule is NC12CCC(CC=O)(CC1)CC2. The molecule has 2 nitrogen and oxygen atoms in total. The summed E-state index contributed by atoms with van der Waals surface area (Å²) in [6.45, 7) is 0. The molecule has 2 bridgehead atoms. The first-order valence-electron chi connectivity index (χ1n) is 4.91. The van der Waals surface area contributed by atoms with Crippen molar-refractivity contribution in [3.05, 3.63) is 0 Å². The second-order valence-electron chi connectivity index (χ2n) is 4.73. The van der Waals surface area contributed by atoms with Crippen molar-refractivity contribution >= 4 is 6.29 Å². The van der Waals surface area contributed by atoms with Crippen LogP contribution in [0.25, 0.3) is 0 Å². The fourth-order valence-electron chi connectivity index (χ4n) is 2.78. The van der Waals surface area contributed by atoms with Gasteiger partial charge in [0.05, 0.1) is 0 Å². The second-order valence-corrected chi connectivity index (χ2v) is 4.73. The lowest BCUT2D eigenvalue weighted by molar-refractivity contribution is -0.111. The Balaban J connectivity index is 2.08. The molecule has 68 valence electrons. The zero-order valence-electron chi connectivity index (χ0n) is 7.51. The van der Waals surface area contributed by atoms with Gasteiger partial charge in [0.1, 0.15) is 6.29 Å². The Morgan fingerprint density at radius 1 is 1.08 bits per heavy atom. The third-order valence-electron chi connectivity index (χ3n) is 3.98. The van der Waals surface area contributed by atoms with Gasteiger partial charge in [-0.05, 0) is 43.9 Å². The molecule has 0 aliphatic heterocycles. The van der Waals surface area contributed by atoms with Gasteiger partial charge in [-0.1, -0.05) is 0 Å². The van der Waals surface area contributed by atoms with Crippen LogP contribution in [-0.2, 0) is 4.79 Å². The van der Waals surface area contributed by atoms with E-state index in [0.29, 0.717) is 5.41 Å². The highest BCUT2D eigenvalue weighted by Crippen LogP contribution is 2.52. The largest absolute Gasteiger partial charge is 0.325 e. The van der Waals surface area contributed by atoms with Gasteiger partial charge in [-0.15, -0.1) is 0 Å². The maximum absolute atomic E-state index is 10.5. The van der Waals surface area contributed by atoms with Crippen molar-refractivity contribution < 1.29 is 4.79 Å². The lowest BCUT2D eigenvalue weighted by atomic mass is 9.57. The Morgan fingerprint density at radius 2 is 1.58 bits per heavy atom. The number of carbonyl (C=O) groups excluding carboxylic acids is 1. The summed E-state index contributed by atoms with van der Waals surface area (Å²) >= 11 is 0. The summed E-state index contributed by atoms with van der Waals surface area (Å²) < 4.78 is 0. The molecule has 3 fully saturated rings. The van der Waals surface area contributed by atoms with Crippen molar-refractivity contribution in [3.8, 4) is 0 Å². The topological polar surface area (TPSA) is 43.1 Å². The van der Waals surface area contributed by atoms with Crippen LogP contribution in [0.3, 0.4) is 0 Å². The molecule has 2 heteroatoms. The number of carbonyl (C=O) groups is 1. The van der Waals surface area contributed by atoms with Crippen molar-refractivity contribution in [2.75, 3.05) is 0 Å². The Kier molecular flexibility index (Phi) is 1.76. The van der Waals surface area contributed by atoms with E-state index in [1.165, 1.54) is 19.3 Å². The smallest absolute Gasteiger partial charge is 0.120 e. The molecule has 0 aromatic heterocycles. The highest BCUT2D eigenvalue weighted by atomic mass is 16.1. The molecule has 0 amide bonds. The van der Waals surface area contributed by atoms with Crippen molar-refractivity contribution in [1.82, 2.24) is 0 Å². The molecule has 0 unspecified atom stereocenters. The summed E-state index contributed by atoms with van der Waals surface area (Å²) in [5, 5.41) is 0. The molecule has 0 radical (unpaired) electrons. The van der Waals surface area contributed by atoms with E-state index < -0.39 is 0 Å². The summed E-state index contributed by atoms with van der Waals surface area (Å²) in [5.74, 6) is 0. The zero-order chi connectivity index (χ0) is 8.66. The van der Waals surface area contributed by atoms with E-state index in [9.17, 15) is 4.79 Å². The van der Waals surface area contributed by atoms with Crippen molar-refractivity contribution in [3.63, 3.8) is 0 Å². The Morgan fingerprint density at radius 3 is 2.00 bits per heavy atom. The molecule has 3 aliphatic rings. The number of aldehydes is 1. The number of hydrogen-bond donors (Lipinski definition) is 1. The first kappa shape index (κ1) is 8.24. The van der Waals surface area contributed by atoms with Crippen LogP contribution in [-0.4, -0.2) is 11.8 Å². The van der Waals surface area contributed by atoms with Gasteiger partial charge >= 0.3 is 0 Å². The minimum absolute atomic E-state index is 0.143. The van der Waals surface area contributed by atoms with Gasteiger partial charge in [0.15, 0.2) is 0 Å². The summed E-state index contributed by atoms with van der Waals surface area (Å²) in [4.78, 5) is 10.5. The summed E-state index contributed by atoms with van der Waals surface area (Å²) in [6, 6.07) is 0. The fraction of sp³-hybridized carbons (Fsp3) is 0.900. The van der Waals surface area contributed by atoms with Crippen LogP contribution < -0.4 is 5.73 Å². The molecule has 3 rings (SSSR count). The number of nitrogens with two attached hydrogens (primary N) is 1. The van der Waals surface area contributed by atoms with Gasteiger partial charge < -0.3 is 10.5 Å². The van der Waals surface area contributed by atoms with Crippen LogP contribution in [0.5, 0.6) is 0 Å². The van der Waals surface area contributed by atoms with E-state index in [-0.39, 0.29) is 5.54 Å². The number of fused-ring (bicyclic) bond motifs is 3. The molecule has 0 aromatic rings. The number of hydrogen-bond acceptors (Lipinski definition) is 2. The molecular formula is C10H17NO. The summed E-state index contributed by atoms with van der Waals surface area (Å²) in [7, 11) is 0. The molecule has 3 saturated carbocycles. The second kappa shape index (κ2) is 2.56. The molecule has 0 saturated heterocycles. The molecular weight excluding hydrogens is 150 g/mol. The predicted octanol–water partition coefficient (Wildman–Crippen LogP) is 1.63. The highest BCUT2D eigenvalue weighted by molar-refractivity contribution is 5.51. The van der Waals surface area contributed by atoms with Gasteiger partial charge in [0.2, 0.25) is 0 Å². The zero-order valence-corrected chi connectivity index (χ0v) is 7.51. The standard InChI is InChI=1S/C10H17NO/c11-10-4-1-9(2-5-10,3-6-10)7-8-12/h8H,1-7,11H2. The summed E-state index contributed by atoms with van der Waals surface area (Å²) in [6.07, 6.45) is 8.83. The Labute approximate surface area is 73.5 Å². The summed E-state index contributed by atoms with van der Waals surface area (Å²) in [5.41, 5.74) is 6.67. The van der Waals surface area contributed by atoms with E-state index in [0.717, 1.165) is 32.0 Å². The first-order chi connectivity index (χ1) is 5.68. The minimum atomic E-state index is 0.143. The van der Waals surface area contributed by atoms with Crippen molar-refractivity contribution in [2.24, 2.45) is 11.1 Å². The lowest BCUT2D eigenvalue weighted by Gasteiger charge is -2.51. The average Bonchev–Trinajstić information content (AvgIpc) is 2.08. The molecule has 12 heavy (non-hydrogen) atoms. The molecule has 2 N–H and O–H groups in total. The van der Waals surface area contributed by atoms with Gasteiger partial charge in [-0.3, -0.25) is 0 Å². The van der Waals surface area contributed by atoms with E-state index in [4.69, 9.17) is 5.73 Å². The molecule has 0 atom stereocenters.